The van der Waals surface area contributed by atoms with Crippen LogP contribution in [0, 0.1) is 18.3 Å². The first-order valence-corrected chi connectivity index (χ1v) is 9.27. The van der Waals surface area contributed by atoms with Crippen LogP contribution in [0.4, 0.5) is 0 Å². The maximum atomic E-state index is 9.28. The molecule has 0 aliphatic carbocycles. The molecule has 0 aliphatic heterocycles. The highest BCUT2D eigenvalue weighted by Gasteiger charge is 2.11. The van der Waals surface area contributed by atoms with Crippen molar-refractivity contribution >= 4 is 17.6 Å². The Bertz CT molecular complexity index is 693. The molecule has 0 radical (unpaired) electrons. The summed E-state index contributed by atoms with van der Waals surface area (Å²) in [6, 6.07) is 10.9. The zero-order valence-electron chi connectivity index (χ0n) is 14.6. The third-order valence-corrected chi connectivity index (χ3v) is 5.09. The van der Waals surface area contributed by atoms with E-state index in [1.165, 1.54) is 16.9 Å². The van der Waals surface area contributed by atoms with E-state index in [1.807, 2.05) is 12.3 Å². The van der Waals surface area contributed by atoms with Crippen molar-refractivity contribution in [1.82, 2.24) is 4.98 Å². The fourth-order valence-electron chi connectivity index (χ4n) is 2.48. The van der Waals surface area contributed by atoms with Gasteiger partial charge < -0.3 is 4.90 Å². The summed E-state index contributed by atoms with van der Waals surface area (Å²) in [7, 11) is 0. The zero-order chi connectivity index (χ0) is 17.4. The van der Waals surface area contributed by atoms with Crippen LogP contribution in [0.15, 0.2) is 34.6 Å². The number of quaternary nitrogens is 1. The molecule has 0 bridgehead atoms. The van der Waals surface area contributed by atoms with Crippen LogP contribution in [0.25, 0.3) is 0 Å². The highest BCUT2D eigenvalue weighted by molar-refractivity contribution is 7.09. The molecule has 0 aliphatic rings. The first kappa shape index (κ1) is 18.3. The lowest BCUT2D eigenvalue weighted by molar-refractivity contribution is -0.910. The lowest BCUT2D eigenvalue weighted by atomic mass is 10.1. The van der Waals surface area contributed by atoms with Crippen molar-refractivity contribution in [1.29, 1.82) is 5.26 Å². The number of aryl methyl sites for hydroxylation is 1. The SMILES string of the molecule is CC[NH+](CC)Cc1ccc(CN=CC(C#N)c2nc(C)cs2)cc1. The lowest BCUT2D eigenvalue weighted by Gasteiger charge is -2.15. The van der Waals surface area contributed by atoms with Crippen LogP contribution in [0.2, 0.25) is 0 Å². The third kappa shape index (κ3) is 5.26. The van der Waals surface area contributed by atoms with Crippen LogP contribution in [0.3, 0.4) is 0 Å². The molecule has 1 atom stereocenters. The summed E-state index contributed by atoms with van der Waals surface area (Å²) in [4.78, 5) is 10.4. The minimum Gasteiger partial charge on any atom is -0.332 e. The van der Waals surface area contributed by atoms with E-state index in [9.17, 15) is 5.26 Å². The van der Waals surface area contributed by atoms with Gasteiger partial charge in [0.2, 0.25) is 0 Å². The van der Waals surface area contributed by atoms with Gasteiger partial charge in [0.1, 0.15) is 17.5 Å². The predicted octanol–water partition coefficient (Wildman–Crippen LogP) is 2.75. The number of hydrogen-bond acceptors (Lipinski definition) is 4. The smallest absolute Gasteiger partial charge is 0.133 e. The number of aromatic nitrogens is 1. The molecule has 1 N–H and O–H groups in total. The van der Waals surface area contributed by atoms with E-state index >= 15 is 0 Å². The Morgan fingerprint density at radius 1 is 1.25 bits per heavy atom. The Balaban J connectivity index is 1.92. The quantitative estimate of drug-likeness (QED) is 0.751. The average molecular weight is 342 g/mol. The molecule has 1 aromatic carbocycles. The van der Waals surface area contributed by atoms with Gasteiger partial charge in [-0.3, -0.25) is 4.99 Å². The minimum absolute atomic E-state index is 0.353. The molecule has 2 rings (SSSR count). The van der Waals surface area contributed by atoms with E-state index in [2.05, 4.69) is 54.2 Å². The molecule has 4 nitrogen and oxygen atoms in total. The van der Waals surface area contributed by atoms with Crippen molar-refractivity contribution in [2.75, 3.05) is 13.1 Å². The molecule has 0 fully saturated rings. The van der Waals surface area contributed by atoms with Crippen LogP contribution in [-0.2, 0) is 13.1 Å². The van der Waals surface area contributed by atoms with Gasteiger partial charge >= 0.3 is 0 Å². The van der Waals surface area contributed by atoms with E-state index in [0.717, 1.165) is 35.9 Å². The van der Waals surface area contributed by atoms with Gasteiger partial charge in [0, 0.05) is 22.9 Å². The van der Waals surface area contributed by atoms with Crippen molar-refractivity contribution in [3.63, 3.8) is 0 Å². The number of aliphatic imine (C=N–C) groups is 1. The van der Waals surface area contributed by atoms with Gasteiger partial charge in [-0.15, -0.1) is 11.3 Å². The van der Waals surface area contributed by atoms with Crippen molar-refractivity contribution in [3.8, 4) is 6.07 Å². The molecule has 5 heteroatoms. The van der Waals surface area contributed by atoms with Crippen LogP contribution in [-0.4, -0.2) is 24.3 Å². The van der Waals surface area contributed by atoms with Gasteiger partial charge in [-0.1, -0.05) is 24.3 Å². The standard InChI is InChI=1S/C19H24N4S/c1-4-23(5-2)13-17-8-6-16(7-9-17)11-21-12-18(10-20)19-22-15(3)14-24-19/h6-9,12,14,18H,4-5,11,13H2,1-3H3/p+1. The Labute approximate surface area is 148 Å². The number of nitrogens with one attached hydrogen (secondary N) is 1. The van der Waals surface area contributed by atoms with E-state index in [1.54, 1.807) is 11.1 Å². The molecule has 1 aromatic heterocycles. The van der Waals surface area contributed by atoms with Crippen molar-refractivity contribution < 1.29 is 4.90 Å². The molecule has 0 amide bonds. The molecule has 24 heavy (non-hydrogen) atoms. The highest BCUT2D eigenvalue weighted by atomic mass is 32.1. The van der Waals surface area contributed by atoms with E-state index in [-0.39, 0.29) is 5.92 Å². The number of hydrogen-bond donors (Lipinski definition) is 1. The molecule has 0 spiro atoms. The second-order valence-electron chi connectivity index (χ2n) is 5.87. The summed E-state index contributed by atoms with van der Waals surface area (Å²) in [6.07, 6.45) is 1.71. The van der Waals surface area contributed by atoms with Gasteiger partial charge in [0.15, 0.2) is 0 Å². The van der Waals surface area contributed by atoms with Crippen LogP contribution in [0.1, 0.15) is 41.6 Å². The molecule has 2 aromatic rings. The molecule has 0 saturated carbocycles. The maximum absolute atomic E-state index is 9.28. The Morgan fingerprint density at radius 3 is 2.46 bits per heavy atom. The third-order valence-electron chi connectivity index (χ3n) is 4.05. The summed E-state index contributed by atoms with van der Waals surface area (Å²) in [5.41, 5.74) is 3.47. The van der Waals surface area contributed by atoms with E-state index in [0.29, 0.717) is 6.54 Å². The van der Waals surface area contributed by atoms with Gasteiger partial charge in [0.05, 0.1) is 25.7 Å². The number of nitriles is 1. The molecular formula is C19H25N4S+. The maximum Gasteiger partial charge on any atom is 0.133 e. The monoisotopic (exact) mass is 341 g/mol. The van der Waals surface area contributed by atoms with Crippen LogP contribution < -0.4 is 4.90 Å². The summed E-state index contributed by atoms with van der Waals surface area (Å²) < 4.78 is 0. The van der Waals surface area contributed by atoms with Crippen molar-refractivity contribution in [2.45, 2.75) is 39.8 Å². The van der Waals surface area contributed by atoms with Crippen molar-refractivity contribution in [2.24, 2.45) is 4.99 Å². The summed E-state index contributed by atoms with van der Waals surface area (Å²) in [5.74, 6) is -0.353. The first-order valence-electron chi connectivity index (χ1n) is 8.39. The second kappa shape index (κ2) is 9.31. The summed E-state index contributed by atoms with van der Waals surface area (Å²) >= 11 is 1.51. The topological polar surface area (TPSA) is 53.5 Å². The van der Waals surface area contributed by atoms with Gasteiger partial charge in [-0.25, -0.2) is 4.98 Å². The molecule has 1 heterocycles. The average Bonchev–Trinajstić information content (AvgIpc) is 3.04. The number of nitrogens with zero attached hydrogens (tertiary/aromatic N) is 3. The van der Waals surface area contributed by atoms with Gasteiger partial charge in [0.25, 0.3) is 0 Å². The molecule has 126 valence electrons. The van der Waals surface area contributed by atoms with Crippen LogP contribution in [0.5, 0.6) is 0 Å². The zero-order valence-corrected chi connectivity index (χ0v) is 15.4. The Kier molecular flexibility index (Phi) is 7.10. The number of thiazole rings is 1. The summed E-state index contributed by atoms with van der Waals surface area (Å²) in [6.45, 7) is 10.3. The Hall–Kier alpha value is -2.03. The van der Waals surface area contributed by atoms with Gasteiger partial charge in [-0.05, 0) is 26.3 Å². The summed E-state index contributed by atoms with van der Waals surface area (Å²) in [5, 5.41) is 12.1. The molecular weight excluding hydrogens is 316 g/mol. The van der Waals surface area contributed by atoms with Crippen LogP contribution >= 0.6 is 11.3 Å². The van der Waals surface area contributed by atoms with Gasteiger partial charge in [-0.2, -0.15) is 5.26 Å². The molecule has 1 unspecified atom stereocenters. The first-order chi connectivity index (χ1) is 11.7. The Morgan fingerprint density at radius 2 is 1.92 bits per heavy atom. The highest BCUT2D eigenvalue weighted by Crippen LogP contribution is 2.18. The normalized spacial score (nSPS) is 12.6. The minimum atomic E-state index is -0.353. The van der Waals surface area contributed by atoms with Crippen molar-refractivity contribution in [3.05, 3.63) is 51.5 Å². The number of rotatable bonds is 8. The fourth-order valence-corrected chi connectivity index (χ4v) is 3.28. The van der Waals surface area contributed by atoms with E-state index < -0.39 is 0 Å². The largest absolute Gasteiger partial charge is 0.332 e. The number of benzene rings is 1. The fraction of sp³-hybridized carbons (Fsp3) is 0.421. The lowest BCUT2D eigenvalue weighted by Crippen LogP contribution is -3.10. The second-order valence-corrected chi connectivity index (χ2v) is 6.76. The predicted molar refractivity (Wildman–Crippen MR) is 99.6 cm³/mol. The van der Waals surface area contributed by atoms with E-state index in [4.69, 9.17) is 0 Å². The molecule has 0 saturated heterocycles.